The Kier molecular flexibility index (Phi) is 5.06. The van der Waals surface area contributed by atoms with Crippen molar-refractivity contribution in [2.45, 2.75) is 13.1 Å². The van der Waals surface area contributed by atoms with E-state index in [1.54, 1.807) is 6.07 Å². The van der Waals surface area contributed by atoms with Crippen LogP contribution in [0.3, 0.4) is 0 Å². The predicted octanol–water partition coefficient (Wildman–Crippen LogP) is 3.95. The number of benzene rings is 2. The molecule has 0 atom stereocenters. The number of rotatable bonds is 3. The third-order valence-electron chi connectivity index (χ3n) is 4.52. The fourth-order valence-corrected chi connectivity index (χ4v) is 3.83. The molecule has 5 nitrogen and oxygen atoms in total. The summed E-state index contributed by atoms with van der Waals surface area (Å²) < 4.78 is 2.00. The molecule has 28 heavy (non-hydrogen) atoms. The average Bonchev–Trinajstić information content (AvgIpc) is 2.78. The van der Waals surface area contributed by atoms with E-state index in [2.05, 4.69) is 4.98 Å². The van der Waals surface area contributed by atoms with Gasteiger partial charge in [0.2, 0.25) is 0 Å². The molecule has 0 amide bonds. The van der Waals surface area contributed by atoms with Crippen LogP contribution >= 0.6 is 23.2 Å². The lowest BCUT2D eigenvalue weighted by atomic mass is 10.00. The van der Waals surface area contributed by atoms with Crippen LogP contribution in [0.1, 0.15) is 22.6 Å². The molecule has 7 heteroatoms. The Morgan fingerprint density at radius 1 is 1.07 bits per heavy atom. The first-order chi connectivity index (χ1) is 13.4. The lowest BCUT2D eigenvalue weighted by molar-refractivity contribution is 0.390. The van der Waals surface area contributed by atoms with Crippen molar-refractivity contribution >= 4 is 28.9 Å². The van der Waals surface area contributed by atoms with Gasteiger partial charge in [0.25, 0.3) is 5.56 Å². The van der Waals surface area contributed by atoms with Gasteiger partial charge >= 0.3 is 0 Å². The van der Waals surface area contributed by atoms with Crippen LogP contribution in [-0.2, 0) is 13.1 Å². The van der Waals surface area contributed by atoms with Crippen LogP contribution in [0.4, 0.5) is 0 Å². The molecule has 0 unspecified atom stereocenters. The Balaban J connectivity index is 2.03. The SMILES string of the molecule is CN(C)Cc1cc(=O)nc2n1-c1ccc(Cl)cc1C(c1ccccc1Cl)=NC2. The Labute approximate surface area is 172 Å². The van der Waals surface area contributed by atoms with Crippen molar-refractivity contribution in [1.82, 2.24) is 14.5 Å². The molecule has 0 saturated carbocycles. The van der Waals surface area contributed by atoms with E-state index in [1.165, 1.54) is 0 Å². The molecule has 0 fully saturated rings. The maximum Gasteiger partial charge on any atom is 0.273 e. The zero-order valence-electron chi connectivity index (χ0n) is 15.5. The molecule has 4 rings (SSSR count). The second kappa shape index (κ2) is 7.51. The van der Waals surface area contributed by atoms with Gasteiger partial charge in [-0.25, -0.2) is 0 Å². The van der Waals surface area contributed by atoms with Crippen LogP contribution in [0.2, 0.25) is 10.0 Å². The van der Waals surface area contributed by atoms with Gasteiger partial charge in [0.1, 0.15) is 5.82 Å². The van der Waals surface area contributed by atoms with Gasteiger partial charge in [-0.3, -0.25) is 14.4 Å². The number of aliphatic imine (C=N–C) groups is 1. The zero-order chi connectivity index (χ0) is 19.8. The Bertz CT molecular complexity index is 1150. The minimum Gasteiger partial charge on any atom is -0.304 e. The summed E-state index contributed by atoms with van der Waals surface area (Å²) in [6.07, 6.45) is 0. The first-order valence-corrected chi connectivity index (χ1v) is 9.56. The summed E-state index contributed by atoms with van der Waals surface area (Å²) in [5.74, 6) is 0.593. The van der Waals surface area contributed by atoms with Crippen molar-refractivity contribution in [1.29, 1.82) is 0 Å². The highest BCUT2D eigenvalue weighted by atomic mass is 35.5. The molecule has 1 aliphatic rings. The molecule has 0 N–H and O–H groups in total. The third kappa shape index (κ3) is 3.49. The van der Waals surface area contributed by atoms with Crippen LogP contribution in [0.25, 0.3) is 5.69 Å². The van der Waals surface area contributed by atoms with E-state index in [1.807, 2.05) is 66.0 Å². The van der Waals surface area contributed by atoms with Gasteiger partial charge in [-0.1, -0.05) is 41.4 Å². The monoisotopic (exact) mass is 412 g/mol. The summed E-state index contributed by atoms with van der Waals surface area (Å²) in [4.78, 5) is 23.2. The molecule has 3 aromatic rings. The second-order valence-electron chi connectivity index (χ2n) is 6.88. The highest BCUT2D eigenvalue weighted by Gasteiger charge is 2.23. The van der Waals surface area contributed by atoms with Gasteiger partial charge in [-0.2, -0.15) is 4.98 Å². The van der Waals surface area contributed by atoms with Crippen molar-refractivity contribution < 1.29 is 0 Å². The van der Waals surface area contributed by atoms with Crippen molar-refractivity contribution in [3.63, 3.8) is 0 Å². The van der Waals surface area contributed by atoms with Crippen LogP contribution in [0.5, 0.6) is 0 Å². The van der Waals surface area contributed by atoms with Gasteiger partial charge in [0.05, 0.1) is 17.9 Å². The molecule has 2 aromatic carbocycles. The quantitative estimate of drug-likeness (QED) is 0.654. The minimum atomic E-state index is -0.269. The molecule has 0 bridgehead atoms. The maximum atomic E-state index is 12.2. The average molecular weight is 413 g/mol. The van der Waals surface area contributed by atoms with E-state index >= 15 is 0 Å². The molecular formula is C21H18Cl2N4O. The number of nitrogens with zero attached hydrogens (tertiary/aromatic N) is 4. The first kappa shape index (κ1) is 18.9. The lowest BCUT2D eigenvalue weighted by Gasteiger charge is -2.20. The van der Waals surface area contributed by atoms with E-state index in [4.69, 9.17) is 28.2 Å². The number of fused-ring (bicyclic) bond motifs is 3. The Morgan fingerprint density at radius 3 is 2.61 bits per heavy atom. The summed E-state index contributed by atoms with van der Waals surface area (Å²) in [6, 6.07) is 14.8. The van der Waals surface area contributed by atoms with Gasteiger partial charge in [0.15, 0.2) is 0 Å². The van der Waals surface area contributed by atoms with E-state index in [9.17, 15) is 4.79 Å². The van der Waals surface area contributed by atoms with Crippen LogP contribution in [0.15, 0.2) is 58.3 Å². The van der Waals surface area contributed by atoms with Crippen molar-refractivity contribution in [2.75, 3.05) is 14.1 Å². The summed E-state index contributed by atoms with van der Waals surface area (Å²) >= 11 is 12.8. The molecular weight excluding hydrogens is 395 g/mol. The molecule has 2 heterocycles. The topological polar surface area (TPSA) is 50.5 Å². The summed E-state index contributed by atoms with van der Waals surface area (Å²) in [7, 11) is 3.92. The smallest absolute Gasteiger partial charge is 0.273 e. The van der Waals surface area contributed by atoms with Crippen molar-refractivity contribution in [3.8, 4) is 5.69 Å². The first-order valence-electron chi connectivity index (χ1n) is 8.80. The number of halogens is 2. The van der Waals surface area contributed by atoms with Crippen LogP contribution in [-0.4, -0.2) is 34.3 Å². The van der Waals surface area contributed by atoms with Crippen LogP contribution in [0, 0.1) is 0 Å². The maximum absolute atomic E-state index is 12.2. The fourth-order valence-electron chi connectivity index (χ4n) is 3.43. The molecule has 0 radical (unpaired) electrons. The lowest BCUT2D eigenvalue weighted by Crippen LogP contribution is -2.24. The molecule has 142 valence electrons. The van der Waals surface area contributed by atoms with Gasteiger partial charge in [-0.15, -0.1) is 0 Å². The van der Waals surface area contributed by atoms with Crippen molar-refractivity contribution in [3.05, 3.63) is 91.6 Å². The summed E-state index contributed by atoms with van der Waals surface area (Å²) in [5.41, 5.74) is 3.85. The normalized spacial score (nSPS) is 13.0. The zero-order valence-corrected chi connectivity index (χ0v) is 17.0. The predicted molar refractivity (Wildman–Crippen MR) is 113 cm³/mol. The van der Waals surface area contributed by atoms with E-state index in [0.717, 1.165) is 28.2 Å². The third-order valence-corrected chi connectivity index (χ3v) is 5.08. The molecule has 0 saturated heterocycles. The largest absolute Gasteiger partial charge is 0.304 e. The van der Waals surface area contributed by atoms with E-state index in [0.29, 0.717) is 22.4 Å². The number of hydrogen-bond acceptors (Lipinski definition) is 4. The van der Waals surface area contributed by atoms with Crippen LogP contribution < -0.4 is 5.56 Å². The standard InChI is InChI=1S/C21H18Cl2N4O/c1-26(2)12-14-10-20(28)25-19-11-24-21(15-5-3-4-6-17(15)23)16-9-13(22)7-8-18(16)27(14)19/h3-10H,11-12H2,1-2H3. The van der Waals surface area contributed by atoms with E-state index < -0.39 is 0 Å². The molecule has 1 aliphatic heterocycles. The highest BCUT2D eigenvalue weighted by Crippen LogP contribution is 2.30. The molecule has 1 aromatic heterocycles. The van der Waals surface area contributed by atoms with Crippen molar-refractivity contribution in [2.24, 2.45) is 4.99 Å². The number of hydrogen-bond donors (Lipinski definition) is 0. The summed E-state index contributed by atoms with van der Waals surface area (Å²) in [5, 5.41) is 1.21. The second-order valence-corrected chi connectivity index (χ2v) is 7.72. The molecule has 0 spiro atoms. The van der Waals surface area contributed by atoms with Gasteiger partial charge in [0, 0.05) is 39.5 Å². The van der Waals surface area contributed by atoms with E-state index in [-0.39, 0.29) is 12.1 Å². The summed E-state index contributed by atoms with van der Waals surface area (Å²) in [6.45, 7) is 0.859. The Morgan fingerprint density at radius 2 is 1.86 bits per heavy atom. The minimum absolute atomic E-state index is 0.267. The molecule has 0 aliphatic carbocycles. The van der Waals surface area contributed by atoms with Gasteiger partial charge in [-0.05, 0) is 38.4 Å². The number of aromatic nitrogens is 2. The Hall–Kier alpha value is -2.47. The fraction of sp³-hybridized carbons (Fsp3) is 0.190. The van der Waals surface area contributed by atoms with Gasteiger partial charge < -0.3 is 4.90 Å². The highest BCUT2D eigenvalue weighted by molar-refractivity contribution is 6.36.